The van der Waals surface area contributed by atoms with E-state index in [2.05, 4.69) is 47.3 Å². The molecule has 90 valence electrons. The number of aromatic nitrogens is 2. The highest BCUT2D eigenvalue weighted by atomic mass is 79.9. The summed E-state index contributed by atoms with van der Waals surface area (Å²) in [7, 11) is 0. The first-order valence-corrected chi connectivity index (χ1v) is 6.78. The predicted molar refractivity (Wildman–Crippen MR) is 72.5 cm³/mol. The van der Waals surface area contributed by atoms with Crippen LogP contribution in [0.25, 0.3) is 11.5 Å². The lowest BCUT2D eigenvalue weighted by Crippen LogP contribution is -2.12. The van der Waals surface area contributed by atoms with Crippen LogP contribution in [0.3, 0.4) is 0 Å². The maximum Gasteiger partial charge on any atom is 0.259 e. The molecule has 0 spiro atoms. The highest BCUT2D eigenvalue weighted by molar-refractivity contribution is 9.11. The van der Waals surface area contributed by atoms with E-state index in [4.69, 9.17) is 4.52 Å². The summed E-state index contributed by atoms with van der Waals surface area (Å²) in [5.74, 6) is 1.18. The van der Waals surface area contributed by atoms with E-state index < -0.39 is 0 Å². The van der Waals surface area contributed by atoms with E-state index >= 15 is 0 Å². The van der Waals surface area contributed by atoms with Crippen LogP contribution in [-0.2, 0) is 6.54 Å². The Balaban J connectivity index is 2.27. The molecule has 2 rings (SSSR count). The lowest BCUT2D eigenvalue weighted by molar-refractivity contribution is 0.419. The molecule has 1 aromatic heterocycles. The molecule has 0 bridgehead atoms. The van der Waals surface area contributed by atoms with Gasteiger partial charge in [0.25, 0.3) is 5.89 Å². The van der Waals surface area contributed by atoms with E-state index in [0.29, 0.717) is 18.3 Å². The van der Waals surface area contributed by atoms with Crippen LogP contribution < -0.4 is 5.32 Å². The normalized spacial score (nSPS) is 10.8. The lowest BCUT2D eigenvalue weighted by atomic mass is 10.2. The zero-order valence-electron chi connectivity index (χ0n) is 9.20. The molecule has 0 aliphatic heterocycles. The van der Waals surface area contributed by atoms with Gasteiger partial charge in [-0.1, -0.05) is 28.0 Å². The van der Waals surface area contributed by atoms with Gasteiger partial charge in [0.05, 0.1) is 12.1 Å². The second kappa shape index (κ2) is 5.75. The standard InChI is InChI=1S/C11H11Br2N3O/c1-2-14-6-10-15-11(17-16-10)8-5-7(12)3-4-9(8)13/h3-5,14H,2,6H2,1H3. The summed E-state index contributed by atoms with van der Waals surface area (Å²) in [6.07, 6.45) is 0. The topological polar surface area (TPSA) is 51.0 Å². The SMILES string of the molecule is CCNCc1noc(-c2cc(Br)ccc2Br)n1. The highest BCUT2D eigenvalue weighted by Gasteiger charge is 2.12. The average molecular weight is 361 g/mol. The van der Waals surface area contributed by atoms with Crippen LogP contribution in [0.15, 0.2) is 31.7 Å². The Kier molecular flexibility index (Phi) is 4.31. The third-order valence-corrected chi connectivity index (χ3v) is 3.34. The molecule has 0 saturated carbocycles. The highest BCUT2D eigenvalue weighted by Crippen LogP contribution is 2.29. The molecule has 0 radical (unpaired) electrons. The fourth-order valence-electron chi connectivity index (χ4n) is 1.33. The minimum Gasteiger partial charge on any atom is -0.334 e. The molecule has 17 heavy (non-hydrogen) atoms. The van der Waals surface area contributed by atoms with Gasteiger partial charge in [0, 0.05) is 8.95 Å². The van der Waals surface area contributed by atoms with Gasteiger partial charge < -0.3 is 9.84 Å². The summed E-state index contributed by atoms with van der Waals surface area (Å²) in [4.78, 5) is 4.33. The van der Waals surface area contributed by atoms with Gasteiger partial charge in [0.2, 0.25) is 0 Å². The van der Waals surface area contributed by atoms with Crippen molar-refractivity contribution >= 4 is 31.9 Å². The summed E-state index contributed by atoms with van der Waals surface area (Å²) < 4.78 is 7.14. The van der Waals surface area contributed by atoms with Crippen LogP contribution in [0.1, 0.15) is 12.7 Å². The van der Waals surface area contributed by atoms with Gasteiger partial charge in [-0.25, -0.2) is 0 Å². The molecule has 0 aliphatic carbocycles. The summed E-state index contributed by atoms with van der Waals surface area (Å²) in [5.41, 5.74) is 0.884. The summed E-state index contributed by atoms with van der Waals surface area (Å²) in [6, 6.07) is 5.83. The number of halogens is 2. The van der Waals surface area contributed by atoms with Gasteiger partial charge >= 0.3 is 0 Å². The second-order valence-electron chi connectivity index (χ2n) is 3.42. The number of rotatable bonds is 4. The molecular weight excluding hydrogens is 350 g/mol. The smallest absolute Gasteiger partial charge is 0.259 e. The third-order valence-electron chi connectivity index (χ3n) is 2.16. The molecule has 2 aromatic rings. The summed E-state index contributed by atoms with van der Waals surface area (Å²) in [5, 5.41) is 7.07. The van der Waals surface area contributed by atoms with Crippen molar-refractivity contribution in [2.24, 2.45) is 0 Å². The van der Waals surface area contributed by atoms with Crippen LogP contribution in [0.5, 0.6) is 0 Å². The van der Waals surface area contributed by atoms with E-state index in [1.165, 1.54) is 0 Å². The molecule has 6 heteroatoms. The van der Waals surface area contributed by atoms with Crippen LogP contribution in [0.2, 0.25) is 0 Å². The van der Waals surface area contributed by atoms with Crippen molar-refractivity contribution in [2.75, 3.05) is 6.54 Å². The Bertz CT molecular complexity index is 513. The Morgan fingerprint density at radius 1 is 1.35 bits per heavy atom. The van der Waals surface area contributed by atoms with Crippen molar-refractivity contribution in [3.05, 3.63) is 33.0 Å². The second-order valence-corrected chi connectivity index (χ2v) is 5.19. The largest absolute Gasteiger partial charge is 0.334 e. The molecule has 1 N–H and O–H groups in total. The average Bonchev–Trinajstić information content (AvgIpc) is 2.78. The fourth-order valence-corrected chi connectivity index (χ4v) is 2.11. The first-order valence-electron chi connectivity index (χ1n) is 5.19. The molecule has 4 nitrogen and oxygen atoms in total. The lowest BCUT2D eigenvalue weighted by Gasteiger charge is -1.99. The Morgan fingerprint density at radius 3 is 2.94 bits per heavy atom. The van der Waals surface area contributed by atoms with Crippen LogP contribution in [0, 0.1) is 0 Å². The Labute approximate surface area is 116 Å². The van der Waals surface area contributed by atoms with E-state index in [0.717, 1.165) is 21.1 Å². The molecule has 0 unspecified atom stereocenters. The molecule has 1 heterocycles. The Morgan fingerprint density at radius 2 is 2.18 bits per heavy atom. The molecular formula is C11H11Br2N3O. The van der Waals surface area contributed by atoms with Crippen molar-refractivity contribution in [3.63, 3.8) is 0 Å². The fraction of sp³-hybridized carbons (Fsp3) is 0.273. The van der Waals surface area contributed by atoms with Gasteiger partial charge in [-0.05, 0) is 40.7 Å². The number of hydrogen-bond donors (Lipinski definition) is 1. The minimum atomic E-state index is 0.520. The summed E-state index contributed by atoms with van der Waals surface area (Å²) >= 11 is 6.88. The number of nitrogens with one attached hydrogen (secondary N) is 1. The third kappa shape index (κ3) is 3.14. The van der Waals surface area contributed by atoms with Crippen LogP contribution >= 0.6 is 31.9 Å². The molecule has 0 atom stereocenters. The number of benzene rings is 1. The first-order chi connectivity index (χ1) is 8.20. The van der Waals surface area contributed by atoms with Crippen molar-refractivity contribution in [2.45, 2.75) is 13.5 Å². The maximum atomic E-state index is 5.23. The monoisotopic (exact) mass is 359 g/mol. The van der Waals surface area contributed by atoms with Gasteiger partial charge in [-0.3, -0.25) is 0 Å². The van der Waals surface area contributed by atoms with Crippen molar-refractivity contribution < 1.29 is 4.52 Å². The first kappa shape index (κ1) is 12.7. The van der Waals surface area contributed by atoms with Crippen LogP contribution in [-0.4, -0.2) is 16.7 Å². The van der Waals surface area contributed by atoms with E-state index in [1.807, 2.05) is 25.1 Å². The van der Waals surface area contributed by atoms with Crippen LogP contribution in [0.4, 0.5) is 0 Å². The van der Waals surface area contributed by atoms with Gasteiger partial charge in [0.1, 0.15) is 0 Å². The quantitative estimate of drug-likeness (QED) is 0.908. The molecule has 0 amide bonds. The zero-order valence-corrected chi connectivity index (χ0v) is 12.4. The van der Waals surface area contributed by atoms with Crippen molar-refractivity contribution in [1.29, 1.82) is 0 Å². The molecule has 0 saturated heterocycles. The zero-order chi connectivity index (χ0) is 12.3. The van der Waals surface area contributed by atoms with Gasteiger partial charge in [-0.2, -0.15) is 4.98 Å². The minimum absolute atomic E-state index is 0.520. The van der Waals surface area contributed by atoms with Crippen molar-refractivity contribution in [3.8, 4) is 11.5 Å². The number of hydrogen-bond acceptors (Lipinski definition) is 4. The Hall–Kier alpha value is -0.720. The molecule has 1 aromatic carbocycles. The van der Waals surface area contributed by atoms with E-state index in [9.17, 15) is 0 Å². The molecule has 0 fully saturated rings. The summed E-state index contributed by atoms with van der Waals surface area (Å²) in [6.45, 7) is 3.53. The van der Waals surface area contributed by atoms with Gasteiger partial charge in [-0.15, -0.1) is 0 Å². The van der Waals surface area contributed by atoms with Crippen molar-refractivity contribution in [1.82, 2.24) is 15.5 Å². The maximum absolute atomic E-state index is 5.23. The van der Waals surface area contributed by atoms with Gasteiger partial charge in [0.15, 0.2) is 5.82 Å². The van der Waals surface area contributed by atoms with E-state index in [-0.39, 0.29) is 0 Å². The van der Waals surface area contributed by atoms with E-state index in [1.54, 1.807) is 0 Å². The molecule has 0 aliphatic rings. The predicted octanol–water partition coefficient (Wildman–Crippen LogP) is 3.37. The number of nitrogens with zero attached hydrogens (tertiary/aromatic N) is 2.